The smallest absolute Gasteiger partial charge is 0.239 e. The fraction of sp³-hybridized carbons (Fsp3) is 0.0909. The van der Waals surface area contributed by atoms with Gasteiger partial charge in [0.05, 0.1) is 12.0 Å². The van der Waals surface area contributed by atoms with Crippen molar-refractivity contribution in [3.05, 3.63) is 30.3 Å². The molecule has 0 saturated heterocycles. The normalized spacial score (nSPS) is 11.2. The molecular formula is C11H12N4O3S. The topological polar surface area (TPSA) is 121 Å². The average molecular weight is 280 g/mol. The number of benzene rings is 1. The van der Waals surface area contributed by atoms with Gasteiger partial charge in [-0.3, -0.25) is 0 Å². The van der Waals surface area contributed by atoms with Gasteiger partial charge < -0.3 is 16.2 Å². The van der Waals surface area contributed by atoms with Gasteiger partial charge >= 0.3 is 0 Å². The maximum atomic E-state index is 12.5. The summed E-state index contributed by atoms with van der Waals surface area (Å²) in [5, 5.41) is 0. The lowest BCUT2D eigenvalue weighted by Gasteiger charge is -2.11. The molecule has 2 rings (SSSR count). The Bertz CT molecular complexity index is 701. The zero-order valence-corrected chi connectivity index (χ0v) is 10.9. The van der Waals surface area contributed by atoms with Crippen molar-refractivity contribution in [2.24, 2.45) is 0 Å². The van der Waals surface area contributed by atoms with Crippen LogP contribution >= 0.6 is 0 Å². The van der Waals surface area contributed by atoms with Crippen LogP contribution < -0.4 is 16.2 Å². The van der Waals surface area contributed by atoms with E-state index < -0.39 is 9.84 Å². The van der Waals surface area contributed by atoms with Gasteiger partial charge in [0.2, 0.25) is 21.7 Å². The first-order valence-corrected chi connectivity index (χ1v) is 6.72. The van der Waals surface area contributed by atoms with E-state index in [9.17, 15) is 8.42 Å². The molecule has 19 heavy (non-hydrogen) atoms. The molecule has 0 atom stereocenters. The van der Waals surface area contributed by atoms with Gasteiger partial charge in [0.25, 0.3) is 0 Å². The molecule has 0 spiro atoms. The maximum absolute atomic E-state index is 12.5. The highest BCUT2D eigenvalue weighted by Crippen LogP contribution is 2.32. The minimum Gasteiger partial charge on any atom is -0.480 e. The van der Waals surface area contributed by atoms with E-state index in [0.717, 1.165) is 0 Å². The van der Waals surface area contributed by atoms with Crippen molar-refractivity contribution < 1.29 is 13.2 Å². The number of aromatic nitrogens is 2. The summed E-state index contributed by atoms with van der Waals surface area (Å²) < 4.78 is 29.9. The molecule has 1 aromatic heterocycles. The molecule has 0 aliphatic heterocycles. The highest BCUT2D eigenvalue weighted by molar-refractivity contribution is 7.91. The van der Waals surface area contributed by atoms with Crippen molar-refractivity contribution >= 4 is 21.6 Å². The van der Waals surface area contributed by atoms with Crippen molar-refractivity contribution in [2.75, 3.05) is 18.6 Å². The molecule has 2 aromatic rings. The highest BCUT2D eigenvalue weighted by Gasteiger charge is 2.27. The molecule has 0 radical (unpaired) electrons. The molecule has 0 aliphatic rings. The standard InChI is InChI=1S/C11H12N4O3S/c1-18-10-8(9(12)14-11(13)15-10)19(16,17)7-5-3-2-4-6-7/h2-6H,1H3,(H4,12,13,14,15). The van der Waals surface area contributed by atoms with E-state index in [1.165, 1.54) is 19.2 Å². The Balaban J connectivity index is 2.72. The minimum absolute atomic E-state index is 0.0772. The summed E-state index contributed by atoms with van der Waals surface area (Å²) in [6.45, 7) is 0. The van der Waals surface area contributed by atoms with Gasteiger partial charge in [-0.25, -0.2) is 8.42 Å². The van der Waals surface area contributed by atoms with Crippen LogP contribution in [0.25, 0.3) is 0 Å². The molecule has 8 heteroatoms. The Morgan fingerprint density at radius 2 is 1.74 bits per heavy atom. The zero-order chi connectivity index (χ0) is 14.0. The van der Waals surface area contributed by atoms with E-state index in [-0.39, 0.29) is 27.4 Å². The predicted molar refractivity (Wildman–Crippen MR) is 69.3 cm³/mol. The Labute approximate surface area is 110 Å². The number of nitrogens with zero attached hydrogens (tertiary/aromatic N) is 2. The van der Waals surface area contributed by atoms with Crippen LogP contribution in [0.5, 0.6) is 5.88 Å². The molecule has 0 fully saturated rings. The first kappa shape index (κ1) is 13.1. The number of nitrogen functional groups attached to an aromatic ring is 2. The number of hydrogen-bond donors (Lipinski definition) is 2. The molecule has 0 aliphatic carbocycles. The Morgan fingerprint density at radius 1 is 1.11 bits per heavy atom. The number of rotatable bonds is 3. The molecule has 1 aromatic carbocycles. The molecule has 7 nitrogen and oxygen atoms in total. The Hall–Kier alpha value is -2.35. The molecule has 100 valence electrons. The third kappa shape index (κ3) is 2.29. The van der Waals surface area contributed by atoms with Crippen LogP contribution in [-0.2, 0) is 9.84 Å². The molecule has 0 unspecified atom stereocenters. The highest BCUT2D eigenvalue weighted by atomic mass is 32.2. The molecule has 0 amide bonds. The monoisotopic (exact) mass is 280 g/mol. The number of anilines is 2. The summed E-state index contributed by atoms with van der Waals surface area (Å²) >= 11 is 0. The summed E-state index contributed by atoms with van der Waals surface area (Å²) in [5.41, 5.74) is 11.0. The van der Waals surface area contributed by atoms with Crippen LogP contribution in [0.3, 0.4) is 0 Å². The van der Waals surface area contributed by atoms with Crippen molar-refractivity contribution in [1.29, 1.82) is 0 Å². The third-order valence-electron chi connectivity index (χ3n) is 2.39. The summed E-state index contributed by atoms with van der Waals surface area (Å²) in [5.74, 6) is -0.566. The summed E-state index contributed by atoms with van der Waals surface area (Å²) in [4.78, 5) is 7.18. The minimum atomic E-state index is -3.86. The van der Waals surface area contributed by atoms with E-state index >= 15 is 0 Å². The first-order chi connectivity index (χ1) is 8.96. The third-order valence-corrected chi connectivity index (χ3v) is 4.21. The molecule has 4 N–H and O–H groups in total. The van der Waals surface area contributed by atoms with Crippen molar-refractivity contribution in [3.63, 3.8) is 0 Å². The molecule has 0 saturated carbocycles. The second-order valence-corrected chi connectivity index (χ2v) is 5.51. The number of methoxy groups -OCH3 is 1. The van der Waals surface area contributed by atoms with Crippen LogP contribution in [0.1, 0.15) is 0 Å². The van der Waals surface area contributed by atoms with Gasteiger partial charge in [-0.05, 0) is 12.1 Å². The first-order valence-electron chi connectivity index (χ1n) is 5.24. The molecular weight excluding hydrogens is 268 g/mol. The lowest BCUT2D eigenvalue weighted by atomic mass is 10.4. The Morgan fingerprint density at radius 3 is 2.32 bits per heavy atom. The van der Waals surface area contributed by atoms with Crippen LogP contribution in [0.2, 0.25) is 0 Å². The molecule has 0 bridgehead atoms. The van der Waals surface area contributed by atoms with Crippen molar-refractivity contribution in [2.45, 2.75) is 9.79 Å². The van der Waals surface area contributed by atoms with Gasteiger partial charge in [0, 0.05) is 0 Å². The summed E-state index contributed by atoms with van der Waals surface area (Å²) in [7, 11) is -2.58. The van der Waals surface area contributed by atoms with Crippen LogP contribution in [-0.4, -0.2) is 25.5 Å². The van der Waals surface area contributed by atoms with Gasteiger partial charge in [-0.15, -0.1) is 0 Å². The number of sulfone groups is 1. The largest absolute Gasteiger partial charge is 0.480 e. The summed E-state index contributed by atoms with van der Waals surface area (Å²) in [6, 6.07) is 7.82. The lowest BCUT2D eigenvalue weighted by molar-refractivity contribution is 0.385. The second kappa shape index (κ2) is 4.73. The average Bonchev–Trinajstić information content (AvgIpc) is 2.38. The zero-order valence-electron chi connectivity index (χ0n) is 10.1. The van der Waals surface area contributed by atoms with E-state index in [4.69, 9.17) is 16.2 Å². The van der Waals surface area contributed by atoms with Crippen LogP contribution in [0.4, 0.5) is 11.8 Å². The van der Waals surface area contributed by atoms with Gasteiger partial charge in [-0.2, -0.15) is 9.97 Å². The SMILES string of the molecule is COc1nc(N)nc(N)c1S(=O)(=O)c1ccccc1. The van der Waals surface area contributed by atoms with Crippen molar-refractivity contribution in [3.8, 4) is 5.88 Å². The molecule has 1 heterocycles. The van der Waals surface area contributed by atoms with E-state index in [1.54, 1.807) is 18.2 Å². The van der Waals surface area contributed by atoms with Gasteiger partial charge in [-0.1, -0.05) is 18.2 Å². The Kier molecular flexibility index (Phi) is 3.26. The lowest BCUT2D eigenvalue weighted by Crippen LogP contribution is -2.12. The van der Waals surface area contributed by atoms with Crippen LogP contribution in [0.15, 0.2) is 40.1 Å². The van der Waals surface area contributed by atoms with E-state index in [0.29, 0.717) is 0 Å². The number of nitrogens with two attached hydrogens (primary N) is 2. The van der Waals surface area contributed by atoms with E-state index in [1.807, 2.05) is 0 Å². The number of ether oxygens (including phenoxy) is 1. The van der Waals surface area contributed by atoms with Crippen molar-refractivity contribution in [1.82, 2.24) is 9.97 Å². The van der Waals surface area contributed by atoms with Gasteiger partial charge in [0.15, 0.2) is 10.7 Å². The number of hydrogen-bond acceptors (Lipinski definition) is 7. The maximum Gasteiger partial charge on any atom is 0.239 e. The van der Waals surface area contributed by atoms with E-state index in [2.05, 4.69) is 9.97 Å². The quantitative estimate of drug-likeness (QED) is 0.838. The predicted octanol–water partition coefficient (Wildman–Crippen LogP) is 0.482. The fourth-order valence-corrected chi connectivity index (χ4v) is 3.00. The second-order valence-electron chi connectivity index (χ2n) is 3.62. The van der Waals surface area contributed by atoms with Crippen LogP contribution in [0, 0.1) is 0 Å². The fourth-order valence-electron chi connectivity index (χ4n) is 1.57. The van der Waals surface area contributed by atoms with Gasteiger partial charge in [0.1, 0.15) is 0 Å². The summed E-state index contributed by atoms with van der Waals surface area (Å²) in [6.07, 6.45) is 0.